The highest BCUT2D eigenvalue weighted by molar-refractivity contribution is 7.59. The Bertz CT molecular complexity index is 69.1. The van der Waals surface area contributed by atoms with Crippen LogP contribution < -0.4 is 0 Å². The Labute approximate surface area is 59.5 Å². The van der Waals surface area contributed by atoms with Gasteiger partial charge in [-0.2, -0.15) is 13.5 Å². The second-order valence-corrected chi connectivity index (χ2v) is 1.52. The molecule has 56 valence electrons. The molecular formula is H6O6P2S+2. The molecule has 0 heterocycles. The first kappa shape index (κ1) is 16.2. The minimum absolute atomic E-state index is 0. The summed E-state index contributed by atoms with van der Waals surface area (Å²) in [6.45, 7) is 0. The predicted molar refractivity (Wildman–Crippen MR) is 34.5 cm³/mol. The van der Waals surface area contributed by atoms with E-state index in [-0.39, 0.29) is 13.5 Å². The van der Waals surface area contributed by atoms with Crippen LogP contribution in [0.25, 0.3) is 0 Å². The van der Waals surface area contributed by atoms with E-state index in [4.69, 9.17) is 28.7 Å². The zero-order valence-electron chi connectivity index (χ0n) is 4.00. The first-order valence-electron chi connectivity index (χ1n) is 1.17. The molecule has 0 aliphatic heterocycles. The van der Waals surface area contributed by atoms with Gasteiger partial charge in [0, 0.05) is 9.13 Å². The van der Waals surface area contributed by atoms with Gasteiger partial charge in [0.05, 0.1) is 0 Å². The average molecular weight is 196 g/mol. The Morgan fingerprint density at radius 1 is 0.778 bits per heavy atom. The Hall–Kier alpha value is 0.390. The Morgan fingerprint density at radius 3 is 0.778 bits per heavy atom. The largest absolute Gasteiger partial charge is 0.692 e. The first-order chi connectivity index (χ1) is 3.46. The average Bonchev–Trinajstić information content (AvgIpc) is 1.25. The minimum Gasteiger partial charge on any atom is -0.197 e. The Kier molecular flexibility index (Phi) is 20.2. The maximum atomic E-state index is 8.70. The number of hydrogen-bond donors (Lipinski definition) is 4. The van der Waals surface area contributed by atoms with E-state index in [9.17, 15) is 0 Å². The van der Waals surface area contributed by atoms with Crippen LogP contribution >= 0.6 is 30.0 Å². The van der Waals surface area contributed by atoms with Crippen molar-refractivity contribution < 1.29 is 28.7 Å². The smallest absolute Gasteiger partial charge is 0.197 e. The summed E-state index contributed by atoms with van der Waals surface area (Å²) in [5.41, 5.74) is 0. The molecule has 0 aliphatic rings. The predicted octanol–water partition coefficient (Wildman–Crippen LogP) is -0.630. The third-order valence-electron chi connectivity index (χ3n) is 0. The van der Waals surface area contributed by atoms with Crippen LogP contribution in [0, 0.1) is 0 Å². The SMILES string of the molecule is O=[P+](O)O.O=[P+](O)O.S. The highest BCUT2D eigenvalue weighted by Crippen LogP contribution is 1.98. The van der Waals surface area contributed by atoms with Gasteiger partial charge in [-0.05, 0) is 0 Å². The molecule has 6 nitrogen and oxygen atoms in total. The molecule has 0 radical (unpaired) electrons. The van der Waals surface area contributed by atoms with Gasteiger partial charge in [0.1, 0.15) is 0 Å². The van der Waals surface area contributed by atoms with E-state index >= 15 is 0 Å². The summed E-state index contributed by atoms with van der Waals surface area (Å²) in [5.74, 6) is 0. The minimum atomic E-state index is -2.87. The van der Waals surface area contributed by atoms with E-state index in [1.165, 1.54) is 0 Å². The number of rotatable bonds is 0. The zero-order chi connectivity index (χ0) is 7.15. The van der Waals surface area contributed by atoms with E-state index in [0.29, 0.717) is 0 Å². The Morgan fingerprint density at radius 2 is 0.778 bits per heavy atom. The normalized spacial score (nSPS) is 5.78. The second-order valence-electron chi connectivity index (χ2n) is 0.505. The van der Waals surface area contributed by atoms with E-state index in [1.54, 1.807) is 0 Å². The van der Waals surface area contributed by atoms with Gasteiger partial charge in [0.2, 0.25) is 0 Å². The van der Waals surface area contributed by atoms with Crippen molar-refractivity contribution in [3.8, 4) is 0 Å². The van der Waals surface area contributed by atoms with E-state index in [0.717, 1.165) is 0 Å². The molecule has 9 heteroatoms. The van der Waals surface area contributed by atoms with E-state index in [1.807, 2.05) is 0 Å². The van der Waals surface area contributed by atoms with Crippen molar-refractivity contribution in [1.82, 2.24) is 0 Å². The highest BCUT2D eigenvalue weighted by atomic mass is 32.1. The van der Waals surface area contributed by atoms with Crippen molar-refractivity contribution in [3.05, 3.63) is 0 Å². The van der Waals surface area contributed by atoms with Gasteiger partial charge in [-0.1, -0.05) is 0 Å². The fraction of sp³-hybridized carbons (Fsp3) is 0. The van der Waals surface area contributed by atoms with Gasteiger partial charge in [0.25, 0.3) is 0 Å². The van der Waals surface area contributed by atoms with Crippen LogP contribution in [0.5, 0.6) is 0 Å². The summed E-state index contributed by atoms with van der Waals surface area (Å²) in [6.07, 6.45) is 0. The molecule has 0 atom stereocenters. The summed E-state index contributed by atoms with van der Waals surface area (Å²) < 4.78 is 17.4. The topological polar surface area (TPSA) is 115 Å². The maximum Gasteiger partial charge on any atom is 0.692 e. The standard InChI is InChI=1S/2HO3P.H2S/c2*1-4(2)3;/h2*(H-,1,2,3);1H2/p+2. The van der Waals surface area contributed by atoms with Crippen molar-refractivity contribution >= 4 is 30.0 Å². The van der Waals surface area contributed by atoms with Crippen LogP contribution in [0.15, 0.2) is 0 Å². The van der Waals surface area contributed by atoms with Gasteiger partial charge in [0.15, 0.2) is 0 Å². The Balaban J connectivity index is -0.0000000720. The summed E-state index contributed by atoms with van der Waals surface area (Å²) in [6, 6.07) is 0. The van der Waals surface area contributed by atoms with Crippen LogP contribution in [-0.2, 0) is 9.13 Å². The van der Waals surface area contributed by atoms with Crippen LogP contribution in [0.2, 0.25) is 0 Å². The molecule has 0 aromatic carbocycles. The van der Waals surface area contributed by atoms with Crippen LogP contribution in [0.1, 0.15) is 0 Å². The molecule has 0 aliphatic carbocycles. The van der Waals surface area contributed by atoms with Gasteiger partial charge in [-0.25, -0.2) is 0 Å². The molecule has 0 fully saturated rings. The fourth-order valence-electron chi connectivity index (χ4n) is 0. The van der Waals surface area contributed by atoms with Crippen molar-refractivity contribution in [2.75, 3.05) is 0 Å². The molecule has 0 saturated carbocycles. The van der Waals surface area contributed by atoms with Crippen molar-refractivity contribution in [1.29, 1.82) is 0 Å². The molecule has 0 rings (SSSR count). The summed E-state index contributed by atoms with van der Waals surface area (Å²) in [5, 5.41) is 0. The number of hydrogen-bond acceptors (Lipinski definition) is 2. The lowest BCUT2D eigenvalue weighted by atomic mass is 15.8. The third-order valence-corrected chi connectivity index (χ3v) is 0. The van der Waals surface area contributed by atoms with Gasteiger partial charge >= 0.3 is 16.5 Å². The van der Waals surface area contributed by atoms with Crippen molar-refractivity contribution in [2.24, 2.45) is 0 Å². The van der Waals surface area contributed by atoms with Gasteiger partial charge in [-0.3, -0.25) is 0 Å². The molecule has 0 saturated heterocycles. The van der Waals surface area contributed by atoms with E-state index < -0.39 is 16.5 Å². The quantitative estimate of drug-likeness (QED) is 0.383. The highest BCUT2D eigenvalue weighted by Gasteiger charge is 1.93. The fourth-order valence-corrected chi connectivity index (χ4v) is 0. The molecule has 0 bridgehead atoms. The van der Waals surface area contributed by atoms with Crippen molar-refractivity contribution in [3.63, 3.8) is 0 Å². The lowest BCUT2D eigenvalue weighted by molar-refractivity contribution is 0.403. The van der Waals surface area contributed by atoms with Gasteiger partial charge in [-0.15, -0.1) is 19.6 Å². The van der Waals surface area contributed by atoms with Crippen molar-refractivity contribution in [2.45, 2.75) is 0 Å². The third kappa shape index (κ3) is 2250. The van der Waals surface area contributed by atoms with Crippen LogP contribution in [-0.4, -0.2) is 19.6 Å². The molecule has 0 unspecified atom stereocenters. The molecule has 0 spiro atoms. The molecule has 9 heavy (non-hydrogen) atoms. The molecule has 0 aromatic rings. The first-order valence-corrected chi connectivity index (χ1v) is 3.50. The van der Waals surface area contributed by atoms with Gasteiger partial charge < -0.3 is 0 Å². The second kappa shape index (κ2) is 11.2. The monoisotopic (exact) mass is 196 g/mol. The van der Waals surface area contributed by atoms with Crippen LogP contribution in [0.3, 0.4) is 0 Å². The summed E-state index contributed by atoms with van der Waals surface area (Å²) >= 11 is 0. The lowest BCUT2D eigenvalue weighted by Gasteiger charge is -1.34. The molecular weight excluding hydrogens is 190 g/mol. The van der Waals surface area contributed by atoms with E-state index in [2.05, 4.69) is 0 Å². The maximum absolute atomic E-state index is 8.70. The molecule has 4 N–H and O–H groups in total. The molecule has 0 amide bonds. The summed E-state index contributed by atoms with van der Waals surface area (Å²) in [7, 11) is -5.74. The van der Waals surface area contributed by atoms with Crippen LogP contribution in [0.4, 0.5) is 0 Å². The zero-order valence-corrected chi connectivity index (χ0v) is 6.79. The summed E-state index contributed by atoms with van der Waals surface area (Å²) in [4.78, 5) is 28.5. The lowest BCUT2D eigenvalue weighted by Crippen LogP contribution is -1.38. The molecule has 0 aromatic heterocycles.